The third-order valence-electron chi connectivity index (χ3n) is 4.92. The van der Waals surface area contributed by atoms with Gasteiger partial charge in [0, 0.05) is 32.1 Å². The highest BCUT2D eigenvalue weighted by atomic mass is 16.1. The van der Waals surface area contributed by atoms with Crippen molar-refractivity contribution in [1.82, 2.24) is 10.2 Å². The van der Waals surface area contributed by atoms with E-state index in [2.05, 4.69) is 71.7 Å². The number of benzene rings is 2. The van der Waals surface area contributed by atoms with Crippen molar-refractivity contribution in [2.75, 3.05) is 13.1 Å². The molecule has 3 heteroatoms. The van der Waals surface area contributed by atoms with Crippen LogP contribution in [0.3, 0.4) is 0 Å². The molecule has 0 unspecified atom stereocenters. The van der Waals surface area contributed by atoms with Crippen molar-refractivity contribution < 1.29 is 4.79 Å². The van der Waals surface area contributed by atoms with Gasteiger partial charge in [-0.2, -0.15) is 0 Å². The van der Waals surface area contributed by atoms with Crippen LogP contribution in [0.5, 0.6) is 0 Å². The second-order valence-corrected chi connectivity index (χ2v) is 7.09. The predicted molar refractivity (Wildman–Crippen MR) is 102 cm³/mol. The lowest BCUT2D eigenvalue weighted by molar-refractivity contribution is -0.122. The molecule has 0 aromatic heterocycles. The Morgan fingerprint density at radius 2 is 1.76 bits per heavy atom. The molecule has 0 saturated carbocycles. The summed E-state index contributed by atoms with van der Waals surface area (Å²) in [6.07, 6.45) is 3.49. The average Bonchev–Trinajstić information content (AvgIpc) is 2.63. The molecule has 2 aromatic carbocycles. The van der Waals surface area contributed by atoms with Crippen LogP contribution >= 0.6 is 0 Å². The lowest BCUT2D eigenvalue weighted by atomic mass is 10.0. The van der Waals surface area contributed by atoms with E-state index in [-0.39, 0.29) is 5.91 Å². The molecule has 3 rings (SSSR count). The number of amides is 1. The van der Waals surface area contributed by atoms with Crippen LogP contribution in [0.25, 0.3) is 0 Å². The zero-order chi connectivity index (χ0) is 17.5. The largest absolute Gasteiger partial charge is 0.353 e. The van der Waals surface area contributed by atoms with Crippen LogP contribution in [0.4, 0.5) is 0 Å². The van der Waals surface area contributed by atoms with Crippen LogP contribution in [-0.2, 0) is 17.8 Å². The van der Waals surface area contributed by atoms with Gasteiger partial charge in [0.25, 0.3) is 0 Å². The average molecular weight is 336 g/mol. The van der Waals surface area contributed by atoms with E-state index >= 15 is 0 Å². The summed E-state index contributed by atoms with van der Waals surface area (Å²) in [5, 5.41) is 3.22. The SMILES string of the molecule is Cc1cccc(CCC(=O)NC2CCN(Cc3ccccc3)CC2)c1. The minimum atomic E-state index is 0.183. The lowest BCUT2D eigenvalue weighted by Crippen LogP contribution is -2.44. The molecule has 2 aromatic rings. The van der Waals surface area contributed by atoms with Gasteiger partial charge in [-0.25, -0.2) is 0 Å². The minimum Gasteiger partial charge on any atom is -0.353 e. The molecule has 1 fully saturated rings. The molecule has 1 saturated heterocycles. The van der Waals surface area contributed by atoms with E-state index in [1.807, 2.05) is 0 Å². The molecule has 1 aliphatic heterocycles. The van der Waals surface area contributed by atoms with Crippen molar-refractivity contribution in [3.63, 3.8) is 0 Å². The van der Waals surface area contributed by atoms with Crippen LogP contribution in [0.15, 0.2) is 54.6 Å². The molecule has 25 heavy (non-hydrogen) atoms. The molecule has 0 spiro atoms. The Balaban J connectivity index is 1.37. The van der Waals surface area contributed by atoms with Gasteiger partial charge in [0.2, 0.25) is 5.91 Å². The normalized spacial score (nSPS) is 15.9. The molecule has 132 valence electrons. The Hall–Kier alpha value is -2.13. The van der Waals surface area contributed by atoms with Crippen molar-refractivity contribution >= 4 is 5.91 Å². The van der Waals surface area contributed by atoms with Crippen molar-refractivity contribution in [3.05, 3.63) is 71.3 Å². The molecule has 0 radical (unpaired) electrons. The van der Waals surface area contributed by atoms with Crippen LogP contribution < -0.4 is 5.32 Å². The fourth-order valence-electron chi connectivity index (χ4n) is 3.50. The highest BCUT2D eigenvalue weighted by molar-refractivity contribution is 5.76. The standard InChI is InChI=1S/C22H28N2O/c1-18-6-5-9-19(16-18)10-11-22(25)23-21-12-14-24(15-13-21)17-20-7-3-2-4-8-20/h2-9,16,21H,10-15,17H2,1H3,(H,23,25). The molecular weight excluding hydrogens is 308 g/mol. The van der Waals surface area contributed by atoms with E-state index in [1.54, 1.807) is 0 Å². The lowest BCUT2D eigenvalue weighted by Gasteiger charge is -2.32. The molecule has 1 N–H and O–H groups in total. The maximum absolute atomic E-state index is 12.2. The summed E-state index contributed by atoms with van der Waals surface area (Å²) in [7, 11) is 0. The number of aryl methyl sites for hydroxylation is 2. The summed E-state index contributed by atoms with van der Waals surface area (Å²) >= 11 is 0. The van der Waals surface area contributed by atoms with Gasteiger partial charge in [0.05, 0.1) is 0 Å². The van der Waals surface area contributed by atoms with E-state index in [4.69, 9.17) is 0 Å². The fourth-order valence-corrected chi connectivity index (χ4v) is 3.50. The molecule has 1 heterocycles. The van der Waals surface area contributed by atoms with Crippen LogP contribution in [-0.4, -0.2) is 29.9 Å². The number of likely N-dealkylation sites (tertiary alicyclic amines) is 1. The summed E-state index contributed by atoms with van der Waals surface area (Å²) in [6.45, 7) is 5.21. The van der Waals surface area contributed by atoms with E-state index in [0.29, 0.717) is 12.5 Å². The summed E-state index contributed by atoms with van der Waals surface area (Å²) in [6, 6.07) is 19.3. The highest BCUT2D eigenvalue weighted by Crippen LogP contribution is 2.14. The van der Waals surface area contributed by atoms with Crippen molar-refractivity contribution in [1.29, 1.82) is 0 Å². The third kappa shape index (κ3) is 5.71. The zero-order valence-electron chi connectivity index (χ0n) is 15.1. The summed E-state index contributed by atoms with van der Waals surface area (Å²) in [4.78, 5) is 14.7. The first-order valence-electron chi connectivity index (χ1n) is 9.30. The number of hydrogen-bond acceptors (Lipinski definition) is 2. The maximum atomic E-state index is 12.2. The second kappa shape index (κ2) is 8.82. The maximum Gasteiger partial charge on any atom is 0.220 e. The third-order valence-corrected chi connectivity index (χ3v) is 4.92. The monoisotopic (exact) mass is 336 g/mol. The number of nitrogens with one attached hydrogen (secondary N) is 1. The first-order chi connectivity index (χ1) is 12.2. The molecule has 0 atom stereocenters. The summed E-state index contributed by atoms with van der Waals surface area (Å²) in [5.74, 6) is 0.183. The van der Waals surface area contributed by atoms with Crippen molar-refractivity contribution in [2.45, 2.75) is 45.2 Å². The van der Waals surface area contributed by atoms with Crippen molar-refractivity contribution in [2.24, 2.45) is 0 Å². The fraction of sp³-hybridized carbons (Fsp3) is 0.409. The highest BCUT2D eigenvalue weighted by Gasteiger charge is 2.20. The number of carbonyl (C=O) groups is 1. The zero-order valence-corrected chi connectivity index (χ0v) is 15.1. The molecule has 0 aliphatic carbocycles. The number of hydrogen-bond donors (Lipinski definition) is 1. The number of rotatable bonds is 6. The molecule has 1 aliphatic rings. The van der Waals surface area contributed by atoms with Crippen LogP contribution in [0.1, 0.15) is 36.0 Å². The Bertz CT molecular complexity index is 675. The van der Waals surface area contributed by atoms with Gasteiger partial charge in [-0.05, 0) is 37.3 Å². The van der Waals surface area contributed by atoms with E-state index in [0.717, 1.165) is 38.9 Å². The molecule has 1 amide bonds. The van der Waals surface area contributed by atoms with Crippen molar-refractivity contribution in [3.8, 4) is 0 Å². The van der Waals surface area contributed by atoms with E-state index < -0.39 is 0 Å². The van der Waals surface area contributed by atoms with Gasteiger partial charge in [-0.1, -0.05) is 60.2 Å². The van der Waals surface area contributed by atoms with Gasteiger partial charge >= 0.3 is 0 Å². The first-order valence-corrected chi connectivity index (χ1v) is 9.30. The molecular formula is C22H28N2O. The second-order valence-electron chi connectivity index (χ2n) is 7.09. The first kappa shape index (κ1) is 17.7. The molecule has 0 bridgehead atoms. The summed E-state index contributed by atoms with van der Waals surface area (Å²) < 4.78 is 0. The topological polar surface area (TPSA) is 32.3 Å². The number of nitrogens with zero attached hydrogens (tertiary/aromatic N) is 1. The van der Waals surface area contributed by atoms with Gasteiger partial charge in [-0.15, -0.1) is 0 Å². The van der Waals surface area contributed by atoms with Crippen LogP contribution in [0.2, 0.25) is 0 Å². The van der Waals surface area contributed by atoms with Gasteiger partial charge in [0.15, 0.2) is 0 Å². The Kier molecular flexibility index (Phi) is 6.24. The predicted octanol–water partition coefficient (Wildman–Crippen LogP) is 3.71. The Morgan fingerprint density at radius 3 is 2.48 bits per heavy atom. The van der Waals surface area contributed by atoms with Gasteiger partial charge in [-0.3, -0.25) is 9.69 Å². The van der Waals surface area contributed by atoms with Gasteiger partial charge in [0.1, 0.15) is 0 Å². The Labute approximate surface area is 151 Å². The van der Waals surface area contributed by atoms with E-state index in [1.165, 1.54) is 16.7 Å². The summed E-state index contributed by atoms with van der Waals surface area (Å²) in [5.41, 5.74) is 3.86. The quantitative estimate of drug-likeness (QED) is 0.872. The Morgan fingerprint density at radius 1 is 1.04 bits per heavy atom. The van der Waals surface area contributed by atoms with Gasteiger partial charge < -0.3 is 5.32 Å². The smallest absolute Gasteiger partial charge is 0.220 e. The molecule has 3 nitrogen and oxygen atoms in total. The number of piperidine rings is 1. The number of carbonyl (C=O) groups excluding carboxylic acids is 1. The minimum absolute atomic E-state index is 0.183. The van der Waals surface area contributed by atoms with Crippen LogP contribution in [0, 0.1) is 6.92 Å². The van der Waals surface area contributed by atoms with E-state index in [9.17, 15) is 4.79 Å².